The standard InChI is InChI=1S/C17H20BrNO/c1-10-5-6-15(18)14(7-10)16(19)13-8-11(2)17(20-4)12(3)9-13/h5-9,16H,19H2,1-4H3. The number of halogens is 1. The molecule has 0 fully saturated rings. The molecule has 0 aliphatic heterocycles. The normalized spacial score (nSPS) is 12.3. The van der Waals surface area contributed by atoms with E-state index in [0.717, 1.165) is 32.5 Å². The van der Waals surface area contributed by atoms with Gasteiger partial charge in [0.15, 0.2) is 0 Å². The maximum atomic E-state index is 6.44. The van der Waals surface area contributed by atoms with Gasteiger partial charge in [-0.05, 0) is 49.1 Å². The van der Waals surface area contributed by atoms with Gasteiger partial charge in [0.05, 0.1) is 13.2 Å². The molecule has 2 aromatic carbocycles. The second kappa shape index (κ2) is 5.98. The minimum atomic E-state index is -0.146. The molecule has 0 aliphatic carbocycles. The Labute approximate surface area is 129 Å². The number of methoxy groups -OCH3 is 1. The fraction of sp³-hybridized carbons (Fsp3) is 0.294. The molecule has 3 heteroatoms. The number of nitrogens with two attached hydrogens (primary N) is 1. The minimum Gasteiger partial charge on any atom is -0.496 e. The van der Waals surface area contributed by atoms with Crippen molar-refractivity contribution in [3.63, 3.8) is 0 Å². The second-order valence-corrected chi connectivity index (χ2v) is 6.04. The lowest BCUT2D eigenvalue weighted by atomic mass is 9.95. The minimum absolute atomic E-state index is 0.146. The quantitative estimate of drug-likeness (QED) is 0.901. The van der Waals surface area contributed by atoms with E-state index in [1.807, 2.05) is 19.9 Å². The van der Waals surface area contributed by atoms with Crippen LogP contribution in [0, 0.1) is 20.8 Å². The van der Waals surface area contributed by atoms with Crippen molar-refractivity contribution in [2.75, 3.05) is 7.11 Å². The van der Waals surface area contributed by atoms with Crippen LogP contribution in [0.1, 0.15) is 33.9 Å². The summed E-state index contributed by atoms with van der Waals surface area (Å²) in [5.41, 5.74) is 12.1. The van der Waals surface area contributed by atoms with Crippen LogP contribution in [0.3, 0.4) is 0 Å². The van der Waals surface area contributed by atoms with E-state index >= 15 is 0 Å². The smallest absolute Gasteiger partial charge is 0.124 e. The third-order valence-corrected chi connectivity index (χ3v) is 4.25. The molecule has 2 N–H and O–H groups in total. The fourth-order valence-electron chi connectivity index (χ4n) is 2.57. The SMILES string of the molecule is COc1c(C)cc(C(N)c2cc(C)ccc2Br)cc1C. The van der Waals surface area contributed by atoms with E-state index in [1.54, 1.807) is 7.11 Å². The second-order valence-electron chi connectivity index (χ2n) is 5.19. The molecule has 20 heavy (non-hydrogen) atoms. The van der Waals surface area contributed by atoms with Crippen molar-refractivity contribution in [2.24, 2.45) is 5.73 Å². The molecule has 0 saturated carbocycles. The van der Waals surface area contributed by atoms with E-state index in [4.69, 9.17) is 10.5 Å². The average molecular weight is 334 g/mol. The molecule has 0 amide bonds. The summed E-state index contributed by atoms with van der Waals surface area (Å²) in [7, 11) is 1.70. The maximum Gasteiger partial charge on any atom is 0.124 e. The van der Waals surface area contributed by atoms with Gasteiger partial charge in [-0.15, -0.1) is 0 Å². The van der Waals surface area contributed by atoms with Crippen molar-refractivity contribution in [3.8, 4) is 5.75 Å². The van der Waals surface area contributed by atoms with Crippen LogP contribution in [0.5, 0.6) is 5.75 Å². The molecule has 0 bridgehead atoms. The zero-order valence-corrected chi connectivity index (χ0v) is 13.9. The van der Waals surface area contributed by atoms with Crippen molar-refractivity contribution >= 4 is 15.9 Å². The predicted octanol–water partition coefficient (Wildman–Crippen LogP) is 4.43. The number of hydrogen-bond acceptors (Lipinski definition) is 2. The largest absolute Gasteiger partial charge is 0.496 e. The molecule has 0 aromatic heterocycles. The van der Waals surface area contributed by atoms with Gasteiger partial charge in [0.1, 0.15) is 5.75 Å². The van der Waals surface area contributed by atoms with Gasteiger partial charge in [-0.2, -0.15) is 0 Å². The Morgan fingerprint density at radius 3 is 2.20 bits per heavy atom. The molecule has 0 heterocycles. The van der Waals surface area contributed by atoms with Crippen molar-refractivity contribution in [1.82, 2.24) is 0 Å². The first-order valence-corrected chi connectivity index (χ1v) is 7.40. The Hall–Kier alpha value is -1.32. The van der Waals surface area contributed by atoms with Crippen LogP contribution in [-0.4, -0.2) is 7.11 Å². The van der Waals surface area contributed by atoms with Gasteiger partial charge < -0.3 is 10.5 Å². The number of benzene rings is 2. The highest BCUT2D eigenvalue weighted by molar-refractivity contribution is 9.10. The lowest BCUT2D eigenvalue weighted by Crippen LogP contribution is -2.13. The van der Waals surface area contributed by atoms with Crippen LogP contribution in [-0.2, 0) is 0 Å². The van der Waals surface area contributed by atoms with E-state index in [-0.39, 0.29) is 6.04 Å². The van der Waals surface area contributed by atoms with Crippen LogP contribution in [0.15, 0.2) is 34.8 Å². The highest BCUT2D eigenvalue weighted by Crippen LogP contribution is 2.32. The summed E-state index contributed by atoms with van der Waals surface area (Å²) in [5.74, 6) is 0.934. The number of ether oxygens (including phenoxy) is 1. The third kappa shape index (κ3) is 2.89. The molecule has 0 saturated heterocycles. The molecule has 2 nitrogen and oxygen atoms in total. The zero-order chi connectivity index (χ0) is 14.9. The predicted molar refractivity (Wildman–Crippen MR) is 87.4 cm³/mol. The van der Waals surface area contributed by atoms with Gasteiger partial charge in [0, 0.05) is 4.47 Å². The highest BCUT2D eigenvalue weighted by Gasteiger charge is 2.15. The molecule has 0 radical (unpaired) electrons. The summed E-state index contributed by atoms with van der Waals surface area (Å²) in [4.78, 5) is 0. The monoisotopic (exact) mass is 333 g/mol. The van der Waals surface area contributed by atoms with Crippen LogP contribution < -0.4 is 10.5 Å². The molecule has 2 aromatic rings. The van der Waals surface area contributed by atoms with Crippen LogP contribution in [0.25, 0.3) is 0 Å². The molecule has 1 atom stereocenters. The van der Waals surface area contributed by atoms with E-state index in [0.29, 0.717) is 0 Å². The van der Waals surface area contributed by atoms with E-state index in [2.05, 4.69) is 47.1 Å². The first-order chi connectivity index (χ1) is 9.43. The molecule has 0 spiro atoms. The van der Waals surface area contributed by atoms with Crippen LogP contribution in [0.2, 0.25) is 0 Å². The van der Waals surface area contributed by atoms with Crippen molar-refractivity contribution in [2.45, 2.75) is 26.8 Å². The Morgan fingerprint density at radius 2 is 1.65 bits per heavy atom. The molecular weight excluding hydrogens is 314 g/mol. The van der Waals surface area contributed by atoms with Gasteiger partial charge in [-0.3, -0.25) is 0 Å². The maximum absolute atomic E-state index is 6.44. The number of rotatable bonds is 3. The highest BCUT2D eigenvalue weighted by atomic mass is 79.9. The fourth-order valence-corrected chi connectivity index (χ4v) is 3.06. The van der Waals surface area contributed by atoms with Crippen molar-refractivity contribution < 1.29 is 4.74 Å². The van der Waals surface area contributed by atoms with Gasteiger partial charge in [-0.25, -0.2) is 0 Å². The zero-order valence-electron chi connectivity index (χ0n) is 12.3. The molecule has 106 valence electrons. The van der Waals surface area contributed by atoms with Crippen LogP contribution >= 0.6 is 15.9 Å². The lowest BCUT2D eigenvalue weighted by molar-refractivity contribution is 0.408. The van der Waals surface area contributed by atoms with Gasteiger partial charge in [0.25, 0.3) is 0 Å². The molecule has 0 aliphatic rings. The lowest BCUT2D eigenvalue weighted by Gasteiger charge is -2.18. The average Bonchev–Trinajstić information content (AvgIpc) is 2.40. The van der Waals surface area contributed by atoms with Gasteiger partial charge in [0.2, 0.25) is 0 Å². The van der Waals surface area contributed by atoms with E-state index in [9.17, 15) is 0 Å². The molecule has 2 rings (SSSR count). The first-order valence-electron chi connectivity index (χ1n) is 6.60. The Kier molecular flexibility index (Phi) is 4.51. The van der Waals surface area contributed by atoms with Crippen molar-refractivity contribution in [1.29, 1.82) is 0 Å². The van der Waals surface area contributed by atoms with Gasteiger partial charge >= 0.3 is 0 Å². The van der Waals surface area contributed by atoms with E-state index < -0.39 is 0 Å². The third-order valence-electron chi connectivity index (χ3n) is 3.53. The van der Waals surface area contributed by atoms with Crippen LogP contribution in [0.4, 0.5) is 0 Å². The number of aryl methyl sites for hydroxylation is 3. The molecule has 1 unspecified atom stereocenters. The van der Waals surface area contributed by atoms with E-state index in [1.165, 1.54) is 5.56 Å². The van der Waals surface area contributed by atoms with Gasteiger partial charge in [-0.1, -0.05) is 45.8 Å². The Bertz CT molecular complexity index is 614. The first kappa shape index (κ1) is 15.1. The summed E-state index contributed by atoms with van der Waals surface area (Å²) in [5, 5.41) is 0. The Balaban J connectivity index is 2.48. The summed E-state index contributed by atoms with van der Waals surface area (Å²) in [6.45, 7) is 6.17. The topological polar surface area (TPSA) is 35.2 Å². The summed E-state index contributed by atoms with van der Waals surface area (Å²) < 4.78 is 6.45. The summed E-state index contributed by atoms with van der Waals surface area (Å²) in [6, 6.07) is 10.3. The number of hydrogen-bond donors (Lipinski definition) is 1. The molecular formula is C17H20BrNO. The summed E-state index contributed by atoms with van der Waals surface area (Å²) in [6.07, 6.45) is 0. The summed E-state index contributed by atoms with van der Waals surface area (Å²) >= 11 is 3.59. The Morgan fingerprint density at radius 1 is 1.05 bits per heavy atom. The van der Waals surface area contributed by atoms with Crippen molar-refractivity contribution in [3.05, 3.63) is 62.6 Å².